The van der Waals surface area contributed by atoms with Crippen LogP contribution in [0.3, 0.4) is 0 Å². The third kappa shape index (κ3) is 13.5. The van der Waals surface area contributed by atoms with Gasteiger partial charge >= 0.3 is 0 Å². The number of unbranched alkanes of at least 4 members (excludes halogenated alkanes) is 8. The summed E-state index contributed by atoms with van der Waals surface area (Å²) in [6, 6.07) is 0. The zero-order valence-electron chi connectivity index (χ0n) is 10.7. The molecule has 0 heterocycles. The maximum absolute atomic E-state index is 2.27. The van der Waals surface area contributed by atoms with Crippen LogP contribution in [0.2, 0.25) is 0 Å². The van der Waals surface area contributed by atoms with E-state index in [9.17, 15) is 0 Å². The van der Waals surface area contributed by atoms with Crippen LogP contribution < -0.4 is 0 Å². The molecular weight excluding hydrogens is 180 g/mol. The van der Waals surface area contributed by atoms with Gasteiger partial charge in [0.2, 0.25) is 0 Å². The van der Waals surface area contributed by atoms with Gasteiger partial charge in [-0.1, -0.05) is 76.2 Å². The molecule has 0 bridgehead atoms. The number of hydrogen-bond donors (Lipinski definition) is 0. The molecule has 0 nitrogen and oxygen atoms in total. The van der Waals surface area contributed by atoms with E-state index in [2.05, 4.69) is 38.2 Å². The van der Waals surface area contributed by atoms with Crippen LogP contribution in [0.1, 0.15) is 71.6 Å². The summed E-state index contributed by atoms with van der Waals surface area (Å²) in [5, 5.41) is 0. The Morgan fingerprint density at radius 3 is 1.93 bits per heavy atom. The first kappa shape index (κ1) is 14.5. The Morgan fingerprint density at radius 1 is 0.733 bits per heavy atom. The zero-order valence-corrected chi connectivity index (χ0v) is 10.7. The predicted molar refractivity (Wildman–Crippen MR) is 71.2 cm³/mol. The van der Waals surface area contributed by atoms with Crippen molar-refractivity contribution in [2.45, 2.75) is 71.6 Å². The minimum absolute atomic E-state index is 1.25. The van der Waals surface area contributed by atoms with E-state index in [-0.39, 0.29) is 0 Å². The third-order valence-electron chi connectivity index (χ3n) is 2.66. The molecule has 0 N–H and O–H groups in total. The van der Waals surface area contributed by atoms with Gasteiger partial charge in [-0.05, 0) is 19.8 Å². The number of allylic oxidation sites excluding steroid dienone is 4. The van der Waals surface area contributed by atoms with Crippen molar-refractivity contribution in [3.63, 3.8) is 0 Å². The summed E-state index contributed by atoms with van der Waals surface area (Å²) in [6.45, 7) is 4.33. The molecule has 0 unspecified atom stereocenters. The van der Waals surface area contributed by atoms with Gasteiger partial charge < -0.3 is 0 Å². The van der Waals surface area contributed by atoms with Crippen molar-refractivity contribution in [3.8, 4) is 0 Å². The topological polar surface area (TPSA) is 0 Å². The Hall–Kier alpha value is -0.520. The lowest BCUT2D eigenvalue weighted by molar-refractivity contribution is 0.577. The Morgan fingerprint density at radius 2 is 1.33 bits per heavy atom. The van der Waals surface area contributed by atoms with Crippen molar-refractivity contribution in [2.24, 2.45) is 0 Å². The molecule has 0 radical (unpaired) electrons. The Bertz CT molecular complexity index is 153. The molecule has 0 aromatic rings. The van der Waals surface area contributed by atoms with E-state index in [1.165, 1.54) is 57.8 Å². The smallest absolute Gasteiger partial charge is 0.0348 e. The normalized spacial score (nSPS) is 11.9. The lowest BCUT2D eigenvalue weighted by Gasteiger charge is -1.99. The van der Waals surface area contributed by atoms with Crippen molar-refractivity contribution < 1.29 is 0 Å². The molecule has 0 rings (SSSR count). The second kappa shape index (κ2) is 13.5. The Labute approximate surface area is 96.5 Å². The second-order valence-corrected chi connectivity index (χ2v) is 4.22. The first-order chi connectivity index (χ1) is 7.41. The van der Waals surface area contributed by atoms with Gasteiger partial charge in [0.1, 0.15) is 0 Å². The van der Waals surface area contributed by atoms with Gasteiger partial charge in [0, 0.05) is 0 Å². The molecule has 0 amide bonds. The van der Waals surface area contributed by atoms with Crippen LogP contribution in [-0.4, -0.2) is 0 Å². The van der Waals surface area contributed by atoms with Crippen LogP contribution in [0, 0.1) is 0 Å². The van der Waals surface area contributed by atoms with Crippen molar-refractivity contribution in [2.75, 3.05) is 0 Å². The lowest BCUT2D eigenvalue weighted by atomic mass is 10.1. The summed E-state index contributed by atoms with van der Waals surface area (Å²) in [6.07, 6.45) is 21.2. The number of hydrogen-bond acceptors (Lipinski definition) is 0. The van der Waals surface area contributed by atoms with Gasteiger partial charge in [-0.25, -0.2) is 0 Å². The maximum Gasteiger partial charge on any atom is -0.0348 e. The fourth-order valence-corrected chi connectivity index (χ4v) is 1.68. The average molecular weight is 208 g/mol. The molecule has 0 saturated heterocycles. The fraction of sp³-hybridized carbons (Fsp3) is 0.733. The van der Waals surface area contributed by atoms with Crippen LogP contribution in [0.4, 0.5) is 0 Å². The summed E-state index contributed by atoms with van der Waals surface area (Å²) in [7, 11) is 0. The molecule has 0 aliphatic carbocycles. The molecule has 0 atom stereocenters. The minimum atomic E-state index is 1.25. The van der Waals surface area contributed by atoms with Gasteiger partial charge in [0.25, 0.3) is 0 Å². The predicted octanol–water partition coefficient (Wildman–Crippen LogP) is 5.65. The van der Waals surface area contributed by atoms with Crippen molar-refractivity contribution >= 4 is 0 Å². The second-order valence-electron chi connectivity index (χ2n) is 4.22. The maximum atomic E-state index is 2.27. The Balaban J connectivity index is 2.98. The van der Waals surface area contributed by atoms with Crippen LogP contribution in [0.5, 0.6) is 0 Å². The van der Waals surface area contributed by atoms with E-state index in [1.54, 1.807) is 0 Å². The Kier molecular flexibility index (Phi) is 13.0. The highest BCUT2D eigenvalue weighted by Gasteiger charge is 1.89. The molecule has 0 spiro atoms. The molecule has 0 aromatic heterocycles. The highest BCUT2D eigenvalue weighted by atomic mass is 14.0. The molecule has 0 saturated carbocycles. The van der Waals surface area contributed by atoms with Crippen molar-refractivity contribution in [3.05, 3.63) is 24.3 Å². The van der Waals surface area contributed by atoms with Crippen molar-refractivity contribution in [1.29, 1.82) is 0 Å². The van der Waals surface area contributed by atoms with Crippen LogP contribution in [-0.2, 0) is 0 Å². The van der Waals surface area contributed by atoms with Gasteiger partial charge in [-0.3, -0.25) is 0 Å². The zero-order chi connectivity index (χ0) is 11.2. The SMILES string of the molecule is CC=C/C=C/CCCCCCCCCC. The van der Waals surface area contributed by atoms with Gasteiger partial charge in [-0.2, -0.15) is 0 Å². The molecule has 0 heteroatoms. The summed E-state index contributed by atoms with van der Waals surface area (Å²) < 4.78 is 0. The van der Waals surface area contributed by atoms with E-state index in [4.69, 9.17) is 0 Å². The van der Waals surface area contributed by atoms with Crippen LogP contribution >= 0.6 is 0 Å². The summed E-state index contributed by atoms with van der Waals surface area (Å²) in [5.74, 6) is 0. The first-order valence-electron chi connectivity index (χ1n) is 6.69. The molecule has 0 aliphatic heterocycles. The summed E-state index contributed by atoms with van der Waals surface area (Å²) >= 11 is 0. The monoisotopic (exact) mass is 208 g/mol. The van der Waals surface area contributed by atoms with Crippen molar-refractivity contribution in [1.82, 2.24) is 0 Å². The van der Waals surface area contributed by atoms with E-state index in [1.807, 2.05) is 0 Å². The van der Waals surface area contributed by atoms with Gasteiger partial charge in [-0.15, -0.1) is 0 Å². The summed E-state index contributed by atoms with van der Waals surface area (Å²) in [4.78, 5) is 0. The van der Waals surface area contributed by atoms with Crippen LogP contribution in [0.25, 0.3) is 0 Å². The van der Waals surface area contributed by atoms with E-state index >= 15 is 0 Å². The highest BCUT2D eigenvalue weighted by Crippen LogP contribution is 2.09. The van der Waals surface area contributed by atoms with E-state index in [0.29, 0.717) is 0 Å². The van der Waals surface area contributed by atoms with Crippen LogP contribution in [0.15, 0.2) is 24.3 Å². The highest BCUT2D eigenvalue weighted by molar-refractivity contribution is 5.00. The minimum Gasteiger partial charge on any atom is -0.0877 e. The molecule has 88 valence electrons. The average Bonchev–Trinajstić information content (AvgIpc) is 2.26. The van der Waals surface area contributed by atoms with Gasteiger partial charge in [0.05, 0.1) is 0 Å². The standard InChI is InChI=1S/C15H28/c1-3-5-7-9-11-13-15-14-12-10-8-6-4-2/h3,5,7,9H,4,6,8,10-15H2,1-2H3/b5-3?,9-7+. The number of rotatable bonds is 10. The first-order valence-corrected chi connectivity index (χ1v) is 6.69. The van der Waals surface area contributed by atoms with Gasteiger partial charge in [0.15, 0.2) is 0 Å². The largest absolute Gasteiger partial charge is 0.0877 e. The third-order valence-corrected chi connectivity index (χ3v) is 2.66. The molecule has 0 aromatic carbocycles. The fourth-order valence-electron chi connectivity index (χ4n) is 1.68. The van der Waals surface area contributed by atoms with E-state index < -0.39 is 0 Å². The lowest BCUT2D eigenvalue weighted by Crippen LogP contribution is -1.79. The molecule has 0 aliphatic rings. The molecule has 15 heavy (non-hydrogen) atoms. The molecule has 0 fully saturated rings. The summed E-state index contributed by atoms with van der Waals surface area (Å²) in [5.41, 5.74) is 0. The molecular formula is C15H28. The van der Waals surface area contributed by atoms with E-state index in [0.717, 1.165) is 0 Å². The quantitative estimate of drug-likeness (QED) is 0.321.